The Balaban J connectivity index is 3.15. The standard InChI is InChI=1S/C8H8N4O2/c1-12-7(13)5-4(9)2-3-10-6(5)11-8(12)14/h2-3H,1H3,(H3,9,10,11,14). The van der Waals surface area contributed by atoms with Gasteiger partial charge in [0.15, 0.2) is 0 Å². The largest absolute Gasteiger partial charge is 0.398 e. The van der Waals surface area contributed by atoms with Gasteiger partial charge < -0.3 is 5.73 Å². The van der Waals surface area contributed by atoms with Gasteiger partial charge in [-0.2, -0.15) is 0 Å². The van der Waals surface area contributed by atoms with Crippen molar-refractivity contribution in [3.05, 3.63) is 33.1 Å². The Morgan fingerprint density at radius 1 is 1.50 bits per heavy atom. The van der Waals surface area contributed by atoms with Crippen molar-refractivity contribution < 1.29 is 0 Å². The van der Waals surface area contributed by atoms with Gasteiger partial charge in [-0.3, -0.25) is 14.3 Å². The Hall–Kier alpha value is -2.11. The van der Waals surface area contributed by atoms with Gasteiger partial charge in [-0.1, -0.05) is 0 Å². The van der Waals surface area contributed by atoms with Crippen LogP contribution in [0.5, 0.6) is 0 Å². The van der Waals surface area contributed by atoms with E-state index in [1.165, 1.54) is 19.3 Å². The minimum absolute atomic E-state index is 0.220. The quantitative estimate of drug-likeness (QED) is 0.571. The first-order chi connectivity index (χ1) is 6.61. The van der Waals surface area contributed by atoms with Crippen LogP contribution in [-0.4, -0.2) is 14.5 Å². The highest BCUT2D eigenvalue weighted by Gasteiger charge is 2.07. The monoisotopic (exact) mass is 192 g/mol. The van der Waals surface area contributed by atoms with Crippen LogP contribution in [0.4, 0.5) is 5.69 Å². The molecule has 2 aromatic heterocycles. The summed E-state index contributed by atoms with van der Waals surface area (Å²) >= 11 is 0. The number of aromatic amines is 1. The zero-order valence-corrected chi connectivity index (χ0v) is 7.44. The third-order valence-electron chi connectivity index (χ3n) is 2.03. The molecule has 0 spiro atoms. The molecule has 0 amide bonds. The summed E-state index contributed by atoms with van der Waals surface area (Å²) in [5, 5.41) is 0.245. The molecule has 0 aliphatic rings. The van der Waals surface area contributed by atoms with Crippen LogP contribution in [0.2, 0.25) is 0 Å². The van der Waals surface area contributed by atoms with Gasteiger partial charge in [0.2, 0.25) is 0 Å². The molecule has 0 saturated carbocycles. The van der Waals surface area contributed by atoms with Crippen LogP contribution in [-0.2, 0) is 7.05 Å². The van der Waals surface area contributed by atoms with E-state index in [9.17, 15) is 9.59 Å². The molecule has 0 aliphatic carbocycles. The number of nitrogens with zero attached hydrogens (tertiary/aromatic N) is 2. The number of hydrogen-bond acceptors (Lipinski definition) is 4. The molecule has 2 aromatic rings. The molecular formula is C8H8N4O2. The van der Waals surface area contributed by atoms with Gasteiger partial charge in [-0.05, 0) is 6.07 Å². The van der Waals surface area contributed by atoms with Crippen LogP contribution in [0.3, 0.4) is 0 Å². The van der Waals surface area contributed by atoms with Gasteiger partial charge >= 0.3 is 5.69 Å². The summed E-state index contributed by atoms with van der Waals surface area (Å²) in [6.07, 6.45) is 1.44. The third-order valence-corrected chi connectivity index (χ3v) is 2.03. The molecule has 0 atom stereocenters. The van der Waals surface area contributed by atoms with Crippen molar-refractivity contribution in [1.82, 2.24) is 14.5 Å². The lowest BCUT2D eigenvalue weighted by molar-refractivity contribution is 0.791. The first-order valence-electron chi connectivity index (χ1n) is 3.95. The van der Waals surface area contributed by atoms with E-state index in [-0.39, 0.29) is 11.0 Å². The molecule has 72 valence electrons. The fraction of sp³-hybridized carbons (Fsp3) is 0.125. The minimum Gasteiger partial charge on any atom is -0.398 e. The van der Waals surface area contributed by atoms with Gasteiger partial charge in [0, 0.05) is 18.9 Å². The Bertz CT molecular complexity index is 611. The first-order valence-corrected chi connectivity index (χ1v) is 3.95. The maximum Gasteiger partial charge on any atom is 0.329 e. The van der Waals surface area contributed by atoms with Crippen molar-refractivity contribution >= 4 is 16.7 Å². The molecule has 0 radical (unpaired) electrons. The van der Waals surface area contributed by atoms with Crippen molar-refractivity contribution in [1.29, 1.82) is 0 Å². The van der Waals surface area contributed by atoms with Crippen LogP contribution in [0.25, 0.3) is 11.0 Å². The molecule has 0 aromatic carbocycles. The Morgan fingerprint density at radius 3 is 2.93 bits per heavy atom. The average Bonchev–Trinajstić information content (AvgIpc) is 2.14. The van der Waals surface area contributed by atoms with E-state index >= 15 is 0 Å². The Labute approximate surface area is 78.0 Å². The second-order valence-corrected chi connectivity index (χ2v) is 2.92. The molecule has 2 heterocycles. The lowest BCUT2D eigenvalue weighted by Gasteiger charge is -2.01. The number of pyridine rings is 1. The number of fused-ring (bicyclic) bond motifs is 1. The molecule has 0 aliphatic heterocycles. The lowest BCUT2D eigenvalue weighted by Crippen LogP contribution is -2.33. The Morgan fingerprint density at radius 2 is 2.21 bits per heavy atom. The van der Waals surface area contributed by atoms with E-state index in [1.54, 1.807) is 0 Å². The molecular weight excluding hydrogens is 184 g/mol. The molecule has 3 N–H and O–H groups in total. The molecule has 2 rings (SSSR count). The molecule has 0 unspecified atom stereocenters. The molecule has 14 heavy (non-hydrogen) atoms. The summed E-state index contributed by atoms with van der Waals surface area (Å²) in [6, 6.07) is 1.52. The highest BCUT2D eigenvalue weighted by atomic mass is 16.2. The van der Waals surface area contributed by atoms with E-state index < -0.39 is 11.2 Å². The van der Waals surface area contributed by atoms with Gasteiger partial charge in [0.1, 0.15) is 11.0 Å². The van der Waals surface area contributed by atoms with E-state index in [4.69, 9.17) is 5.73 Å². The van der Waals surface area contributed by atoms with Gasteiger partial charge in [-0.25, -0.2) is 9.78 Å². The van der Waals surface area contributed by atoms with E-state index in [1.807, 2.05) is 0 Å². The summed E-state index contributed by atoms with van der Waals surface area (Å²) < 4.78 is 0.959. The topological polar surface area (TPSA) is 93.8 Å². The number of nitrogens with one attached hydrogen (secondary N) is 1. The zero-order valence-electron chi connectivity index (χ0n) is 7.44. The number of hydrogen-bond donors (Lipinski definition) is 2. The predicted octanol–water partition coefficient (Wildman–Crippen LogP) is -0.796. The number of nitrogens with two attached hydrogens (primary N) is 1. The minimum atomic E-state index is -0.499. The smallest absolute Gasteiger partial charge is 0.329 e. The zero-order chi connectivity index (χ0) is 10.3. The van der Waals surface area contributed by atoms with Crippen molar-refractivity contribution in [3.63, 3.8) is 0 Å². The number of anilines is 1. The van der Waals surface area contributed by atoms with Crippen LogP contribution in [0, 0.1) is 0 Å². The van der Waals surface area contributed by atoms with E-state index in [0.717, 1.165) is 4.57 Å². The fourth-order valence-corrected chi connectivity index (χ4v) is 1.24. The normalized spacial score (nSPS) is 10.6. The number of aromatic nitrogens is 3. The summed E-state index contributed by atoms with van der Waals surface area (Å²) in [7, 11) is 1.38. The van der Waals surface area contributed by atoms with Gasteiger partial charge in [0.25, 0.3) is 5.56 Å². The van der Waals surface area contributed by atoms with E-state index in [2.05, 4.69) is 9.97 Å². The SMILES string of the molecule is Cn1c(=O)[nH]c2nccc(N)c2c1=O. The number of nitrogen functional groups attached to an aromatic ring is 1. The average molecular weight is 192 g/mol. The maximum absolute atomic E-state index is 11.6. The summed E-state index contributed by atoms with van der Waals surface area (Å²) in [5.74, 6) is 0. The van der Waals surface area contributed by atoms with Crippen molar-refractivity contribution in [2.75, 3.05) is 5.73 Å². The second-order valence-electron chi connectivity index (χ2n) is 2.92. The molecule has 0 bridgehead atoms. The molecule has 6 heteroatoms. The van der Waals surface area contributed by atoms with Crippen molar-refractivity contribution in [2.45, 2.75) is 0 Å². The molecule has 0 saturated heterocycles. The maximum atomic E-state index is 11.6. The highest BCUT2D eigenvalue weighted by Crippen LogP contribution is 2.09. The second kappa shape index (κ2) is 2.69. The van der Waals surface area contributed by atoms with Gasteiger partial charge in [-0.15, -0.1) is 0 Å². The summed E-state index contributed by atoms with van der Waals surface area (Å²) in [4.78, 5) is 29.1. The first kappa shape index (κ1) is 8.49. The summed E-state index contributed by atoms with van der Waals surface area (Å²) in [5.41, 5.74) is 5.20. The third kappa shape index (κ3) is 1.00. The van der Waals surface area contributed by atoms with E-state index in [0.29, 0.717) is 5.69 Å². The summed E-state index contributed by atoms with van der Waals surface area (Å²) in [6.45, 7) is 0. The number of H-pyrrole nitrogens is 1. The predicted molar refractivity (Wildman–Crippen MR) is 52.0 cm³/mol. The van der Waals surface area contributed by atoms with Crippen molar-refractivity contribution in [3.8, 4) is 0 Å². The fourth-order valence-electron chi connectivity index (χ4n) is 1.24. The van der Waals surface area contributed by atoms with Crippen LogP contribution in [0.15, 0.2) is 21.9 Å². The van der Waals surface area contributed by atoms with Gasteiger partial charge in [0.05, 0.1) is 0 Å². The molecule has 0 fully saturated rings. The molecule has 6 nitrogen and oxygen atoms in total. The highest BCUT2D eigenvalue weighted by molar-refractivity contribution is 5.85. The Kier molecular flexibility index (Phi) is 1.63. The van der Waals surface area contributed by atoms with Crippen molar-refractivity contribution in [2.24, 2.45) is 7.05 Å². The van der Waals surface area contributed by atoms with Crippen LogP contribution in [0.1, 0.15) is 0 Å². The lowest BCUT2D eigenvalue weighted by atomic mass is 10.3. The van der Waals surface area contributed by atoms with Crippen LogP contribution < -0.4 is 17.0 Å². The van der Waals surface area contributed by atoms with Crippen LogP contribution >= 0.6 is 0 Å². The number of rotatable bonds is 0.